The van der Waals surface area contributed by atoms with E-state index in [1.165, 1.54) is 22.3 Å². The normalized spacial score (nSPS) is 10.8. The minimum absolute atomic E-state index is 0.895. The number of ether oxygens (including phenoxy) is 1. The van der Waals surface area contributed by atoms with Crippen LogP contribution >= 0.6 is 31.9 Å². The van der Waals surface area contributed by atoms with Gasteiger partial charge in [-0.15, -0.1) is 0 Å². The van der Waals surface area contributed by atoms with E-state index in [0.29, 0.717) is 0 Å². The zero-order valence-electron chi connectivity index (χ0n) is 17.2. The van der Waals surface area contributed by atoms with Crippen molar-refractivity contribution in [3.05, 3.63) is 128 Å². The summed E-state index contributed by atoms with van der Waals surface area (Å²) in [5.74, 6) is 1.79. The molecule has 0 aliphatic carbocycles. The SMILES string of the molecule is Brc1cccc(CCc2ccccc2)c1Oc1c(Br)cccc1CCc1ccccc1. The van der Waals surface area contributed by atoms with Gasteiger partial charge in [0.1, 0.15) is 11.5 Å². The van der Waals surface area contributed by atoms with Crippen molar-refractivity contribution in [1.29, 1.82) is 0 Å². The van der Waals surface area contributed by atoms with Gasteiger partial charge < -0.3 is 4.74 Å². The molecule has 0 saturated carbocycles. The van der Waals surface area contributed by atoms with Gasteiger partial charge in [0.05, 0.1) is 8.95 Å². The van der Waals surface area contributed by atoms with Crippen LogP contribution in [0.1, 0.15) is 22.3 Å². The highest BCUT2D eigenvalue weighted by atomic mass is 79.9. The zero-order chi connectivity index (χ0) is 21.5. The highest BCUT2D eigenvalue weighted by Crippen LogP contribution is 2.39. The molecule has 0 atom stereocenters. The lowest BCUT2D eigenvalue weighted by Gasteiger charge is -2.17. The predicted octanol–water partition coefficient (Wildman–Crippen LogP) is 8.57. The first kappa shape index (κ1) is 21.9. The lowest BCUT2D eigenvalue weighted by Crippen LogP contribution is -2.00. The first-order valence-electron chi connectivity index (χ1n) is 10.5. The third kappa shape index (κ3) is 5.87. The Kier molecular flexibility index (Phi) is 7.61. The van der Waals surface area contributed by atoms with Crippen LogP contribution in [0, 0.1) is 0 Å². The molecule has 0 bridgehead atoms. The predicted molar refractivity (Wildman–Crippen MR) is 136 cm³/mol. The zero-order valence-corrected chi connectivity index (χ0v) is 20.4. The Morgan fingerprint density at radius 2 is 0.871 bits per heavy atom. The largest absolute Gasteiger partial charge is 0.454 e. The molecule has 156 valence electrons. The molecule has 1 nitrogen and oxygen atoms in total. The van der Waals surface area contributed by atoms with Crippen LogP contribution in [-0.4, -0.2) is 0 Å². The van der Waals surface area contributed by atoms with Crippen molar-refractivity contribution in [2.24, 2.45) is 0 Å². The first-order chi connectivity index (χ1) is 15.2. The monoisotopic (exact) mass is 534 g/mol. The van der Waals surface area contributed by atoms with E-state index >= 15 is 0 Å². The smallest absolute Gasteiger partial charge is 0.144 e. The number of rotatable bonds is 8. The van der Waals surface area contributed by atoms with Crippen LogP contribution in [0.2, 0.25) is 0 Å². The van der Waals surface area contributed by atoms with Gasteiger partial charge in [-0.2, -0.15) is 0 Å². The second-order valence-corrected chi connectivity index (χ2v) is 9.24. The fraction of sp³-hybridized carbons (Fsp3) is 0.143. The molecule has 0 aromatic heterocycles. The molecule has 0 radical (unpaired) electrons. The topological polar surface area (TPSA) is 9.23 Å². The molecule has 0 heterocycles. The third-order valence-corrected chi connectivity index (χ3v) is 6.60. The quantitative estimate of drug-likeness (QED) is 0.219. The first-order valence-corrected chi connectivity index (χ1v) is 12.1. The Bertz CT molecular complexity index is 1030. The summed E-state index contributed by atoms with van der Waals surface area (Å²) < 4.78 is 8.53. The number of aryl methyl sites for hydroxylation is 4. The Balaban J connectivity index is 1.57. The number of hydrogen-bond donors (Lipinski definition) is 0. The van der Waals surface area contributed by atoms with E-state index in [2.05, 4.69) is 117 Å². The lowest BCUT2D eigenvalue weighted by molar-refractivity contribution is 0.463. The standard InChI is InChI=1S/C28H24Br2O/c29-25-15-7-13-23(19-17-21-9-3-1-4-10-21)27(25)31-28-24(14-8-16-26(28)30)20-18-22-11-5-2-6-12-22/h1-16H,17-20H2. The molecular weight excluding hydrogens is 512 g/mol. The molecule has 4 aromatic carbocycles. The van der Waals surface area contributed by atoms with Gasteiger partial charge in [0, 0.05) is 0 Å². The summed E-state index contributed by atoms with van der Waals surface area (Å²) in [5, 5.41) is 0. The van der Waals surface area contributed by atoms with Crippen LogP contribution in [0.4, 0.5) is 0 Å². The van der Waals surface area contributed by atoms with Gasteiger partial charge >= 0.3 is 0 Å². The summed E-state index contributed by atoms with van der Waals surface area (Å²) in [6, 6.07) is 33.7. The Morgan fingerprint density at radius 1 is 0.452 bits per heavy atom. The molecule has 4 rings (SSSR count). The second-order valence-electron chi connectivity index (χ2n) is 7.53. The van der Waals surface area contributed by atoms with Crippen LogP contribution in [0.25, 0.3) is 0 Å². The van der Waals surface area contributed by atoms with Gasteiger partial charge in [0.2, 0.25) is 0 Å². The average molecular weight is 536 g/mol. The molecule has 0 aliphatic heterocycles. The third-order valence-electron chi connectivity index (χ3n) is 5.35. The second kappa shape index (κ2) is 10.8. The fourth-order valence-corrected chi connectivity index (χ4v) is 4.66. The maximum Gasteiger partial charge on any atom is 0.144 e. The summed E-state index contributed by atoms with van der Waals surface area (Å²) in [6.07, 6.45) is 3.79. The van der Waals surface area contributed by atoms with Gasteiger partial charge in [-0.3, -0.25) is 0 Å². The van der Waals surface area contributed by atoms with Crippen molar-refractivity contribution in [2.45, 2.75) is 25.7 Å². The Labute approximate surface area is 201 Å². The number of para-hydroxylation sites is 2. The van der Waals surface area contributed by atoms with Gasteiger partial charge in [-0.05, 0) is 91.9 Å². The molecule has 0 fully saturated rings. The van der Waals surface area contributed by atoms with Gasteiger partial charge in [-0.1, -0.05) is 84.9 Å². The van der Waals surface area contributed by atoms with E-state index in [9.17, 15) is 0 Å². The molecule has 0 aliphatic rings. The minimum Gasteiger partial charge on any atom is -0.454 e. The van der Waals surface area contributed by atoms with E-state index in [4.69, 9.17) is 4.74 Å². The van der Waals surface area contributed by atoms with Crippen LogP contribution < -0.4 is 4.74 Å². The molecule has 4 aromatic rings. The maximum absolute atomic E-state index is 6.59. The number of benzene rings is 4. The maximum atomic E-state index is 6.59. The Morgan fingerprint density at radius 3 is 1.29 bits per heavy atom. The van der Waals surface area contributed by atoms with Gasteiger partial charge in [-0.25, -0.2) is 0 Å². The van der Waals surface area contributed by atoms with Crippen molar-refractivity contribution in [3.8, 4) is 11.5 Å². The molecule has 0 unspecified atom stereocenters. The Hall–Kier alpha value is -2.36. The van der Waals surface area contributed by atoms with Gasteiger partial charge in [0.25, 0.3) is 0 Å². The molecule has 0 spiro atoms. The van der Waals surface area contributed by atoms with Crippen molar-refractivity contribution in [1.82, 2.24) is 0 Å². The molecular formula is C28H24Br2O. The average Bonchev–Trinajstić information content (AvgIpc) is 2.81. The highest BCUT2D eigenvalue weighted by molar-refractivity contribution is 9.11. The molecule has 0 N–H and O–H groups in total. The van der Waals surface area contributed by atoms with E-state index in [1.54, 1.807) is 0 Å². The van der Waals surface area contributed by atoms with Gasteiger partial charge in [0.15, 0.2) is 0 Å². The van der Waals surface area contributed by atoms with E-state index in [1.807, 2.05) is 12.1 Å². The summed E-state index contributed by atoms with van der Waals surface area (Å²) in [7, 11) is 0. The number of hydrogen-bond acceptors (Lipinski definition) is 1. The minimum atomic E-state index is 0.895. The summed E-state index contributed by atoms with van der Waals surface area (Å²) in [6.45, 7) is 0. The van der Waals surface area contributed by atoms with Crippen molar-refractivity contribution in [2.75, 3.05) is 0 Å². The molecule has 0 amide bonds. The van der Waals surface area contributed by atoms with Crippen LogP contribution in [0.15, 0.2) is 106 Å². The van der Waals surface area contributed by atoms with E-state index in [0.717, 1.165) is 46.1 Å². The molecule has 31 heavy (non-hydrogen) atoms. The van der Waals surface area contributed by atoms with Crippen molar-refractivity contribution < 1.29 is 4.74 Å². The highest BCUT2D eigenvalue weighted by Gasteiger charge is 2.15. The number of halogens is 2. The van der Waals surface area contributed by atoms with Crippen LogP contribution in [0.3, 0.4) is 0 Å². The molecule has 3 heteroatoms. The van der Waals surface area contributed by atoms with Crippen LogP contribution in [0.5, 0.6) is 11.5 Å². The summed E-state index contributed by atoms with van der Waals surface area (Å²) >= 11 is 7.43. The van der Waals surface area contributed by atoms with Crippen molar-refractivity contribution in [3.63, 3.8) is 0 Å². The fourth-order valence-electron chi connectivity index (χ4n) is 3.68. The summed E-state index contributed by atoms with van der Waals surface area (Å²) in [5.41, 5.74) is 5.06. The van der Waals surface area contributed by atoms with E-state index in [-0.39, 0.29) is 0 Å². The van der Waals surface area contributed by atoms with E-state index < -0.39 is 0 Å². The van der Waals surface area contributed by atoms with Crippen LogP contribution in [-0.2, 0) is 25.7 Å². The lowest BCUT2D eigenvalue weighted by atomic mass is 10.0. The molecule has 0 saturated heterocycles. The van der Waals surface area contributed by atoms with Crippen molar-refractivity contribution >= 4 is 31.9 Å². The summed E-state index contributed by atoms with van der Waals surface area (Å²) in [4.78, 5) is 0.